The molecule has 0 aliphatic heterocycles. The van der Waals surface area contributed by atoms with E-state index < -0.39 is 15.8 Å². The minimum Gasteiger partial charge on any atom is -0.483 e. The van der Waals surface area contributed by atoms with Gasteiger partial charge in [0.25, 0.3) is 15.9 Å². The molecule has 0 fully saturated rings. The lowest BCUT2D eigenvalue weighted by atomic mass is 10.1. The zero-order valence-corrected chi connectivity index (χ0v) is 19.2. The fraction of sp³-hybridized carbons (Fsp3) is 0.208. The molecule has 0 bridgehead atoms. The number of benzene rings is 3. The van der Waals surface area contributed by atoms with Gasteiger partial charge in [0.05, 0.1) is 4.90 Å². The Morgan fingerprint density at radius 2 is 1.62 bits per heavy atom. The van der Waals surface area contributed by atoms with Gasteiger partial charge in [-0.25, -0.2) is 12.8 Å². The molecule has 168 valence electrons. The first-order valence-corrected chi connectivity index (χ1v) is 11.4. The third kappa shape index (κ3) is 5.45. The Labute approximate surface area is 187 Å². The molecule has 3 aromatic carbocycles. The van der Waals surface area contributed by atoms with Gasteiger partial charge in [-0.05, 0) is 92.1 Å². The first-order valence-electron chi connectivity index (χ1n) is 9.92. The van der Waals surface area contributed by atoms with E-state index >= 15 is 0 Å². The van der Waals surface area contributed by atoms with Crippen LogP contribution in [-0.4, -0.2) is 28.0 Å². The van der Waals surface area contributed by atoms with Gasteiger partial charge in [0.2, 0.25) is 0 Å². The van der Waals surface area contributed by atoms with Gasteiger partial charge in [-0.2, -0.15) is 0 Å². The largest absolute Gasteiger partial charge is 0.483 e. The third-order valence-corrected chi connectivity index (χ3v) is 6.54. The van der Waals surface area contributed by atoms with Crippen LogP contribution in [0.1, 0.15) is 16.7 Å². The number of ether oxygens (including phenoxy) is 1. The van der Waals surface area contributed by atoms with E-state index in [0.29, 0.717) is 11.3 Å². The van der Waals surface area contributed by atoms with Crippen LogP contribution in [0.5, 0.6) is 5.75 Å². The summed E-state index contributed by atoms with van der Waals surface area (Å²) in [6, 6.07) is 15.2. The zero-order chi connectivity index (χ0) is 23.5. The van der Waals surface area contributed by atoms with E-state index in [2.05, 4.69) is 4.72 Å². The number of amides is 1. The van der Waals surface area contributed by atoms with Crippen LogP contribution in [0.3, 0.4) is 0 Å². The molecule has 0 aliphatic rings. The minimum atomic E-state index is -3.86. The van der Waals surface area contributed by atoms with E-state index in [-0.39, 0.29) is 23.1 Å². The van der Waals surface area contributed by atoms with Gasteiger partial charge < -0.3 is 9.64 Å². The second-order valence-corrected chi connectivity index (χ2v) is 9.23. The van der Waals surface area contributed by atoms with Crippen LogP contribution in [0, 0.1) is 26.6 Å². The highest BCUT2D eigenvalue weighted by atomic mass is 32.2. The molecule has 1 N–H and O–H groups in total. The highest BCUT2D eigenvalue weighted by Gasteiger charge is 2.17. The number of hydrogen-bond acceptors (Lipinski definition) is 4. The minimum absolute atomic E-state index is 0.0326. The Kier molecular flexibility index (Phi) is 6.84. The van der Waals surface area contributed by atoms with Crippen LogP contribution in [0.4, 0.5) is 15.8 Å². The normalized spacial score (nSPS) is 11.2. The van der Waals surface area contributed by atoms with Crippen LogP contribution in [0.2, 0.25) is 0 Å². The van der Waals surface area contributed by atoms with Crippen LogP contribution in [-0.2, 0) is 14.8 Å². The van der Waals surface area contributed by atoms with Crippen molar-refractivity contribution >= 4 is 27.3 Å². The Hall–Kier alpha value is -3.39. The van der Waals surface area contributed by atoms with Crippen LogP contribution < -0.4 is 14.4 Å². The lowest BCUT2D eigenvalue weighted by molar-refractivity contribution is -0.120. The maximum atomic E-state index is 13.0. The molecule has 0 spiro atoms. The topological polar surface area (TPSA) is 75.7 Å². The third-order valence-electron chi connectivity index (χ3n) is 5.16. The molecular formula is C24H25FN2O4S. The molecule has 0 unspecified atom stereocenters. The van der Waals surface area contributed by atoms with Crippen LogP contribution in [0.15, 0.2) is 65.6 Å². The van der Waals surface area contributed by atoms with E-state index in [1.165, 1.54) is 47.4 Å². The number of rotatable bonds is 7. The maximum absolute atomic E-state index is 13.0. The van der Waals surface area contributed by atoms with Gasteiger partial charge in [0, 0.05) is 18.4 Å². The van der Waals surface area contributed by atoms with Gasteiger partial charge in [0.15, 0.2) is 6.61 Å². The second kappa shape index (κ2) is 9.40. The Morgan fingerprint density at radius 3 is 2.25 bits per heavy atom. The highest BCUT2D eigenvalue weighted by Crippen LogP contribution is 2.24. The Balaban J connectivity index is 1.67. The summed E-state index contributed by atoms with van der Waals surface area (Å²) in [6.45, 7) is 5.50. The van der Waals surface area contributed by atoms with Crippen LogP contribution in [0.25, 0.3) is 0 Å². The van der Waals surface area contributed by atoms with Crippen molar-refractivity contribution in [3.8, 4) is 5.75 Å². The van der Waals surface area contributed by atoms with Gasteiger partial charge in [-0.15, -0.1) is 0 Å². The maximum Gasteiger partial charge on any atom is 0.264 e. The molecule has 0 radical (unpaired) electrons. The second-order valence-electron chi connectivity index (χ2n) is 7.55. The molecule has 0 aromatic heterocycles. The molecule has 0 saturated carbocycles. The molecule has 0 heterocycles. The number of carbonyl (C=O) groups excluding carboxylic acids is 1. The number of likely N-dealkylation sites (N-methyl/N-ethyl adjacent to an activating group) is 1. The number of carbonyl (C=O) groups is 1. The summed E-state index contributed by atoms with van der Waals surface area (Å²) in [6.07, 6.45) is 0. The van der Waals surface area contributed by atoms with E-state index in [1.807, 2.05) is 32.0 Å². The van der Waals surface area contributed by atoms with Crippen molar-refractivity contribution in [2.45, 2.75) is 25.7 Å². The fourth-order valence-electron chi connectivity index (χ4n) is 3.00. The number of aryl methyl sites for hydroxylation is 3. The molecule has 0 atom stereocenters. The monoisotopic (exact) mass is 456 g/mol. The molecule has 6 nitrogen and oxygen atoms in total. The SMILES string of the molecule is Cc1ccc(N(C)C(=O)COc2ccc(S(=O)(=O)Nc3ccc(F)cc3)cc2C)cc1C. The number of anilines is 2. The van der Waals surface area contributed by atoms with Crippen molar-refractivity contribution in [2.75, 3.05) is 23.3 Å². The number of nitrogens with zero attached hydrogens (tertiary/aromatic N) is 1. The average Bonchev–Trinajstić information content (AvgIpc) is 2.75. The van der Waals surface area contributed by atoms with Crippen molar-refractivity contribution in [1.82, 2.24) is 0 Å². The Bertz CT molecular complexity index is 1240. The average molecular weight is 457 g/mol. The van der Waals surface area contributed by atoms with Crippen molar-refractivity contribution in [1.29, 1.82) is 0 Å². The summed E-state index contributed by atoms with van der Waals surface area (Å²) in [4.78, 5) is 14.1. The Morgan fingerprint density at radius 1 is 0.938 bits per heavy atom. The summed E-state index contributed by atoms with van der Waals surface area (Å²) in [5.74, 6) is -0.280. The van der Waals surface area contributed by atoms with Crippen molar-refractivity contribution in [3.05, 3.63) is 83.2 Å². The van der Waals surface area contributed by atoms with Crippen molar-refractivity contribution in [3.63, 3.8) is 0 Å². The predicted molar refractivity (Wildman–Crippen MR) is 123 cm³/mol. The summed E-state index contributed by atoms with van der Waals surface area (Å²) in [5, 5.41) is 0. The number of nitrogens with one attached hydrogen (secondary N) is 1. The number of halogens is 1. The van der Waals surface area contributed by atoms with Crippen LogP contribution >= 0.6 is 0 Å². The molecule has 3 aromatic rings. The smallest absolute Gasteiger partial charge is 0.264 e. The van der Waals surface area contributed by atoms with Crippen molar-refractivity contribution in [2.24, 2.45) is 0 Å². The molecule has 1 amide bonds. The lowest BCUT2D eigenvalue weighted by Crippen LogP contribution is -2.31. The van der Waals surface area contributed by atoms with Gasteiger partial charge in [-0.1, -0.05) is 6.07 Å². The highest BCUT2D eigenvalue weighted by molar-refractivity contribution is 7.92. The zero-order valence-electron chi connectivity index (χ0n) is 18.3. The molecule has 32 heavy (non-hydrogen) atoms. The first-order chi connectivity index (χ1) is 15.1. The summed E-state index contributed by atoms with van der Waals surface area (Å²) in [7, 11) is -2.18. The summed E-state index contributed by atoms with van der Waals surface area (Å²) >= 11 is 0. The van der Waals surface area contributed by atoms with Gasteiger partial charge in [-0.3, -0.25) is 9.52 Å². The molecule has 0 saturated heterocycles. The predicted octanol–water partition coefficient (Wildman–Crippen LogP) is 4.59. The van der Waals surface area contributed by atoms with E-state index in [9.17, 15) is 17.6 Å². The fourth-order valence-corrected chi connectivity index (χ4v) is 4.14. The lowest BCUT2D eigenvalue weighted by Gasteiger charge is -2.19. The molecule has 3 rings (SSSR count). The molecular weight excluding hydrogens is 431 g/mol. The standard InChI is InChI=1S/C24H25FN2O4S/c1-16-5-10-21(13-17(16)2)27(4)24(28)15-31-23-12-11-22(14-18(23)3)32(29,30)26-20-8-6-19(25)7-9-20/h5-14,26H,15H2,1-4H3. The number of sulfonamides is 1. The van der Waals surface area contributed by atoms with E-state index in [1.54, 1.807) is 14.0 Å². The molecule has 0 aliphatic carbocycles. The van der Waals surface area contributed by atoms with E-state index in [0.717, 1.165) is 16.8 Å². The number of hydrogen-bond donors (Lipinski definition) is 1. The summed E-state index contributed by atoms with van der Waals surface area (Å²) in [5.41, 5.74) is 3.82. The van der Waals surface area contributed by atoms with E-state index in [4.69, 9.17) is 4.74 Å². The van der Waals surface area contributed by atoms with Crippen molar-refractivity contribution < 1.29 is 22.3 Å². The van der Waals surface area contributed by atoms with Gasteiger partial charge >= 0.3 is 0 Å². The quantitative estimate of drug-likeness (QED) is 0.564. The molecule has 8 heteroatoms. The summed E-state index contributed by atoms with van der Waals surface area (Å²) < 4.78 is 46.3. The first kappa shape index (κ1) is 23.3. The van der Waals surface area contributed by atoms with Gasteiger partial charge in [0.1, 0.15) is 11.6 Å².